The number of benzene rings is 1. The fourth-order valence-corrected chi connectivity index (χ4v) is 1.38. The molecule has 0 heterocycles. The van der Waals surface area contributed by atoms with Crippen LogP contribution in [0.5, 0.6) is 5.75 Å². The number of rotatable bonds is 4. The minimum absolute atomic E-state index is 0.340. The van der Waals surface area contributed by atoms with E-state index in [0.717, 1.165) is 0 Å². The lowest BCUT2D eigenvalue weighted by Gasteiger charge is -2.03. The Kier molecular flexibility index (Phi) is 4.39. The Bertz CT molecular complexity index is 518. The quantitative estimate of drug-likeness (QED) is 0.386. The molecule has 17 heavy (non-hydrogen) atoms. The van der Waals surface area contributed by atoms with E-state index in [1.807, 2.05) is 0 Å². The van der Waals surface area contributed by atoms with Crippen molar-refractivity contribution in [1.29, 1.82) is 0 Å². The van der Waals surface area contributed by atoms with E-state index in [1.165, 1.54) is 19.3 Å². The Morgan fingerprint density at radius 1 is 1.65 bits per heavy atom. The van der Waals surface area contributed by atoms with Gasteiger partial charge in [0.05, 0.1) is 12.1 Å². The number of hydrogen-bond acceptors (Lipinski definition) is 3. The molecule has 1 rings (SSSR count). The van der Waals surface area contributed by atoms with Crippen LogP contribution in [-0.2, 0) is 4.79 Å². The molecule has 0 unspecified atom stereocenters. The smallest absolute Gasteiger partial charge is 0.338 e. The van der Waals surface area contributed by atoms with Gasteiger partial charge in [-0.15, -0.1) is 0 Å². The van der Waals surface area contributed by atoms with Crippen LogP contribution in [-0.4, -0.2) is 18.2 Å². The molecule has 0 saturated heterocycles. The summed E-state index contributed by atoms with van der Waals surface area (Å²) < 4.78 is 4.95. The van der Waals surface area contributed by atoms with Gasteiger partial charge in [0.25, 0.3) is 0 Å². The summed E-state index contributed by atoms with van der Waals surface area (Å²) in [6.07, 6.45) is 1.22. The van der Waals surface area contributed by atoms with Crippen LogP contribution in [0.2, 0.25) is 5.02 Å². The van der Waals surface area contributed by atoms with Crippen LogP contribution in [0, 0.1) is 0 Å². The van der Waals surface area contributed by atoms with Gasteiger partial charge >= 0.3 is 5.97 Å². The van der Waals surface area contributed by atoms with Crippen molar-refractivity contribution in [1.82, 2.24) is 0 Å². The van der Waals surface area contributed by atoms with E-state index in [2.05, 4.69) is 10.0 Å². The van der Waals surface area contributed by atoms with E-state index in [9.17, 15) is 4.79 Å². The summed E-state index contributed by atoms with van der Waals surface area (Å²) in [6, 6.07) is 4.69. The summed E-state index contributed by atoms with van der Waals surface area (Å²) in [5.74, 6) is -0.834. The van der Waals surface area contributed by atoms with Gasteiger partial charge < -0.3 is 9.84 Å². The average molecular weight is 254 g/mol. The minimum Gasteiger partial charge on any atom is -0.495 e. The zero-order valence-electron chi connectivity index (χ0n) is 8.79. The van der Waals surface area contributed by atoms with Crippen molar-refractivity contribution >= 4 is 23.6 Å². The number of carbonyl (C=O) groups is 1. The zero-order valence-corrected chi connectivity index (χ0v) is 9.55. The molecule has 0 aliphatic carbocycles. The number of carboxylic acid groups (broad SMARTS) is 1. The Morgan fingerprint density at radius 2 is 2.35 bits per heavy atom. The third-order valence-electron chi connectivity index (χ3n) is 1.85. The van der Waals surface area contributed by atoms with Crippen LogP contribution in [0.4, 0.5) is 0 Å². The van der Waals surface area contributed by atoms with Gasteiger partial charge in [0, 0.05) is 4.91 Å². The Balaban J connectivity index is 3.16. The molecular formula is C10H8ClN3O3. The highest BCUT2D eigenvalue weighted by atomic mass is 35.5. The van der Waals surface area contributed by atoms with Crippen LogP contribution in [0.3, 0.4) is 0 Å². The van der Waals surface area contributed by atoms with Gasteiger partial charge in [0.15, 0.2) is 0 Å². The van der Waals surface area contributed by atoms with Crippen molar-refractivity contribution in [3.05, 3.63) is 44.9 Å². The Morgan fingerprint density at radius 3 is 2.82 bits per heavy atom. The first-order valence-corrected chi connectivity index (χ1v) is 4.80. The van der Waals surface area contributed by atoms with Gasteiger partial charge in [-0.2, -0.15) is 0 Å². The topological polar surface area (TPSA) is 95.3 Å². The van der Waals surface area contributed by atoms with Gasteiger partial charge in [0.1, 0.15) is 11.4 Å². The molecule has 7 heteroatoms. The maximum Gasteiger partial charge on any atom is 0.338 e. The molecule has 88 valence electrons. The van der Waals surface area contributed by atoms with Crippen molar-refractivity contribution in [2.24, 2.45) is 5.11 Å². The van der Waals surface area contributed by atoms with Crippen LogP contribution >= 0.6 is 11.6 Å². The monoisotopic (exact) mass is 253 g/mol. The lowest BCUT2D eigenvalue weighted by molar-refractivity contribution is -0.132. The molecule has 0 bridgehead atoms. The highest BCUT2D eigenvalue weighted by Gasteiger charge is 2.06. The van der Waals surface area contributed by atoms with E-state index in [4.69, 9.17) is 27.0 Å². The highest BCUT2D eigenvalue weighted by Crippen LogP contribution is 2.26. The lowest BCUT2D eigenvalue weighted by atomic mass is 10.2. The summed E-state index contributed by atoms with van der Waals surface area (Å²) in [7, 11) is 1.47. The number of ether oxygens (including phenoxy) is 1. The molecule has 0 fully saturated rings. The fourth-order valence-electron chi connectivity index (χ4n) is 1.11. The van der Waals surface area contributed by atoms with Crippen LogP contribution < -0.4 is 4.74 Å². The molecule has 1 aromatic carbocycles. The molecular weight excluding hydrogens is 246 g/mol. The van der Waals surface area contributed by atoms with Gasteiger partial charge in [-0.1, -0.05) is 22.8 Å². The second-order valence-electron chi connectivity index (χ2n) is 2.92. The molecule has 0 aliphatic heterocycles. The molecule has 1 N–H and O–H groups in total. The average Bonchev–Trinajstić information content (AvgIpc) is 2.28. The number of aliphatic carboxylic acids is 1. The predicted molar refractivity (Wildman–Crippen MR) is 62.8 cm³/mol. The molecule has 1 aromatic rings. The summed E-state index contributed by atoms with van der Waals surface area (Å²) in [5.41, 5.74) is 8.30. The summed E-state index contributed by atoms with van der Waals surface area (Å²) in [5, 5.41) is 12.1. The van der Waals surface area contributed by atoms with E-state index < -0.39 is 11.7 Å². The number of methoxy groups -OCH3 is 1. The maximum atomic E-state index is 10.7. The Hall–Kier alpha value is -2.17. The molecule has 0 aromatic heterocycles. The number of carboxylic acids is 1. The molecule has 0 radical (unpaired) electrons. The van der Waals surface area contributed by atoms with Gasteiger partial charge in [-0.05, 0) is 29.3 Å². The first-order chi connectivity index (χ1) is 8.08. The third-order valence-corrected chi connectivity index (χ3v) is 2.15. The van der Waals surface area contributed by atoms with Crippen LogP contribution in [0.25, 0.3) is 16.5 Å². The van der Waals surface area contributed by atoms with Gasteiger partial charge in [-0.25, -0.2) is 4.79 Å². The van der Waals surface area contributed by atoms with Crippen molar-refractivity contribution in [2.45, 2.75) is 0 Å². The molecule has 0 amide bonds. The third kappa shape index (κ3) is 3.41. The maximum absolute atomic E-state index is 10.7. The fraction of sp³-hybridized carbons (Fsp3) is 0.100. The lowest BCUT2D eigenvalue weighted by Crippen LogP contribution is -1.96. The first kappa shape index (κ1) is 12.9. The number of hydrogen-bond donors (Lipinski definition) is 1. The largest absolute Gasteiger partial charge is 0.495 e. The van der Waals surface area contributed by atoms with Crippen molar-refractivity contribution in [3.63, 3.8) is 0 Å². The number of nitrogens with zero attached hydrogens (tertiary/aromatic N) is 3. The molecule has 6 nitrogen and oxygen atoms in total. The molecule has 0 spiro atoms. The first-order valence-electron chi connectivity index (χ1n) is 4.42. The summed E-state index contributed by atoms with van der Waals surface area (Å²) in [4.78, 5) is 13.1. The Labute approximate surface area is 102 Å². The highest BCUT2D eigenvalue weighted by molar-refractivity contribution is 6.32. The van der Waals surface area contributed by atoms with E-state index in [1.54, 1.807) is 12.1 Å². The zero-order chi connectivity index (χ0) is 12.8. The van der Waals surface area contributed by atoms with Crippen molar-refractivity contribution in [3.8, 4) is 5.75 Å². The summed E-state index contributed by atoms with van der Waals surface area (Å²) in [6.45, 7) is 0. The van der Waals surface area contributed by atoms with Crippen molar-refractivity contribution < 1.29 is 14.6 Å². The van der Waals surface area contributed by atoms with E-state index in [-0.39, 0.29) is 0 Å². The molecule has 0 atom stereocenters. The molecule has 0 saturated carbocycles. The van der Waals surface area contributed by atoms with Crippen LogP contribution in [0.1, 0.15) is 5.56 Å². The molecule has 0 aliphatic rings. The predicted octanol–water partition coefficient (Wildman–Crippen LogP) is 3.08. The van der Waals surface area contributed by atoms with Gasteiger partial charge in [0.2, 0.25) is 0 Å². The standard InChI is InChI=1S/C10H8ClN3O3/c1-17-9-3-2-6(4-7(9)11)5-8(10(15)16)13-14-12/h2-5H,1H3,(H,15,16)/b8-5+. The van der Waals surface area contributed by atoms with Crippen LogP contribution in [0.15, 0.2) is 29.0 Å². The number of azide groups is 1. The normalized spacial score (nSPS) is 10.6. The minimum atomic E-state index is -1.31. The SMILES string of the molecule is COc1ccc(/C=C(/N=[N+]=[N-])C(=O)O)cc1Cl. The summed E-state index contributed by atoms with van der Waals surface area (Å²) >= 11 is 5.86. The van der Waals surface area contributed by atoms with E-state index >= 15 is 0 Å². The van der Waals surface area contributed by atoms with Crippen molar-refractivity contribution in [2.75, 3.05) is 7.11 Å². The second kappa shape index (κ2) is 5.79. The van der Waals surface area contributed by atoms with E-state index in [0.29, 0.717) is 16.3 Å². The second-order valence-corrected chi connectivity index (χ2v) is 3.33. The number of halogens is 1. The van der Waals surface area contributed by atoms with Gasteiger partial charge in [-0.3, -0.25) is 0 Å².